The van der Waals surface area contributed by atoms with Crippen LogP contribution in [0.3, 0.4) is 0 Å². The van der Waals surface area contributed by atoms with Gasteiger partial charge in [-0.25, -0.2) is 8.78 Å². The zero-order chi connectivity index (χ0) is 13.8. The predicted octanol–water partition coefficient (Wildman–Crippen LogP) is 0.940. The molecule has 7 heteroatoms. The maximum Gasteiger partial charge on any atom is 0.189 e. The van der Waals surface area contributed by atoms with E-state index in [9.17, 15) is 13.6 Å². The quantitative estimate of drug-likeness (QED) is 0.817. The maximum absolute atomic E-state index is 13.0. The molecule has 0 radical (unpaired) electrons. The summed E-state index contributed by atoms with van der Waals surface area (Å²) >= 11 is 0. The molecule has 0 saturated heterocycles. The second kappa shape index (κ2) is 5.66. The third kappa shape index (κ3) is 3.19. The summed E-state index contributed by atoms with van der Waals surface area (Å²) in [4.78, 5) is 11.9. The summed E-state index contributed by atoms with van der Waals surface area (Å²) in [6, 6.07) is 3.35. The van der Waals surface area contributed by atoms with E-state index in [1.165, 1.54) is 16.9 Å². The molecule has 0 saturated carbocycles. The van der Waals surface area contributed by atoms with Crippen LogP contribution in [-0.4, -0.2) is 27.3 Å². The van der Waals surface area contributed by atoms with Crippen LogP contribution in [0.5, 0.6) is 0 Å². The molecule has 1 aromatic heterocycles. The van der Waals surface area contributed by atoms with E-state index >= 15 is 0 Å². The van der Waals surface area contributed by atoms with Crippen LogP contribution in [0.15, 0.2) is 24.4 Å². The smallest absolute Gasteiger partial charge is 0.189 e. The van der Waals surface area contributed by atoms with Gasteiger partial charge < -0.3 is 5.73 Å². The van der Waals surface area contributed by atoms with Crippen molar-refractivity contribution >= 4 is 5.78 Å². The van der Waals surface area contributed by atoms with E-state index in [2.05, 4.69) is 10.3 Å². The molecule has 0 bridgehead atoms. The van der Waals surface area contributed by atoms with Crippen LogP contribution in [0.4, 0.5) is 8.78 Å². The van der Waals surface area contributed by atoms with Crippen LogP contribution in [0.25, 0.3) is 0 Å². The van der Waals surface area contributed by atoms with Crippen LogP contribution in [-0.2, 0) is 13.0 Å². The summed E-state index contributed by atoms with van der Waals surface area (Å²) in [5, 5.41) is 7.44. The summed E-state index contributed by atoms with van der Waals surface area (Å²) in [7, 11) is 0. The van der Waals surface area contributed by atoms with Crippen molar-refractivity contribution in [3.05, 3.63) is 47.3 Å². The Morgan fingerprint density at radius 2 is 2.11 bits per heavy atom. The summed E-state index contributed by atoms with van der Waals surface area (Å²) in [5.41, 5.74) is 5.91. The van der Waals surface area contributed by atoms with Crippen molar-refractivity contribution in [2.45, 2.75) is 13.0 Å². The van der Waals surface area contributed by atoms with Crippen LogP contribution in [0, 0.1) is 11.6 Å². The van der Waals surface area contributed by atoms with E-state index in [1.807, 2.05) is 0 Å². The molecule has 0 spiro atoms. The number of hydrogen-bond donors (Lipinski definition) is 1. The molecule has 0 aliphatic rings. The highest BCUT2D eigenvalue weighted by atomic mass is 19.2. The van der Waals surface area contributed by atoms with Gasteiger partial charge in [-0.1, -0.05) is 11.3 Å². The zero-order valence-corrected chi connectivity index (χ0v) is 10.0. The standard InChI is InChI=1S/C12H12F2N4O/c13-9-2-1-8(5-10(9)14)6-12(19)11-7-18(4-3-15)17-16-11/h1-2,5,7H,3-4,6,15H2. The van der Waals surface area contributed by atoms with Crippen molar-refractivity contribution in [1.29, 1.82) is 0 Å². The lowest BCUT2D eigenvalue weighted by Crippen LogP contribution is -2.10. The molecular weight excluding hydrogens is 254 g/mol. The fourth-order valence-electron chi connectivity index (χ4n) is 1.59. The first-order chi connectivity index (χ1) is 9.10. The topological polar surface area (TPSA) is 73.8 Å². The number of hydrogen-bond acceptors (Lipinski definition) is 4. The summed E-state index contributed by atoms with van der Waals surface area (Å²) < 4.78 is 27.2. The monoisotopic (exact) mass is 266 g/mol. The molecule has 2 rings (SSSR count). The number of carbonyl (C=O) groups is 1. The highest BCUT2D eigenvalue weighted by Gasteiger charge is 2.13. The van der Waals surface area contributed by atoms with Crippen molar-refractivity contribution in [2.24, 2.45) is 5.73 Å². The summed E-state index contributed by atoms with van der Waals surface area (Å²) in [5.74, 6) is -2.23. The molecule has 0 amide bonds. The molecule has 0 fully saturated rings. The fraction of sp³-hybridized carbons (Fsp3) is 0.250. The molecular formula is C12H12F2N4O. The number of nitrogens with two attached hydrogens (primary N) is 1. The normalized spacial score (nSPS) is 10.7. The van der Waals surface area contributed by atoms with E-state index in [-0.39, 0.29) is 17.9 Å². The SMILES string of the molecule is NCCn1cc(C(=O)Cc2ccc(F)c(F)c2)nn1. The van der Waals surface area contributed by atoms with Gasteiger partial charge in [-0.2, -0.15) is 0 Å². The van der Waals surface area contributed by atoms with Crippen molar-refractivity contribution < 1.29 is 13.6 Å². The lowest BCUT2D eigenvalue weighted by Gasteiger charge is -1.99. The molecule has 5 nitrogen and oxygen atoms in total. The van der Waals surface area contributed by atoms with E-state index < -0.39 is 11.6 Å². The first-order valence-electron chi connectivity index (χ1n) is 5.67. The summed E-state index contributed by atoms with van der Waals surface area (Å²) in [6.07, 6.45) is 1.42. The predicted molar refractivity (Wildman–Crippen MR) is 63.5 cm³/mol. The molecule has 0 aliphatic heterocycles. The number of halogens is 2. The average molecular weight is 266 g/mol. The number of carbonyl (C=O) groups excluding carboxylic acids is 1. The Morgan fingerprint density at radius 3 is 2.79 bits per heavy atom. The highest BCUT2D eigenvalue weighted by Crippen LogP contribution is 2.11. The number of rotatable bonds is 5. The molecule has 19 heavy (non-hydrogen) atoms. The van der Waals surface area contributed by atoms with Gasteiger partial charge in [0.2, 0.25) is 0 Å². The van der Waals surface area contributed by atoms with Crippen molar-refractivity contribution in [2.75, 3.05) is 6.54 Å². The molecule has 100 valence electrons. The highest BCUT2D eigenvalue weighted by molar-refractivity contribution is 5.95. The lowest BCUT2D eigenvalue weighted by atomic mass is 10.1. The van der Waals surface area contributed by atoms with Gasteiger partial charge >= 0.3 is 0 Å². The van der Waals surface area contributed by atoms with Gasteiger partial charge in [0.1, 0.15) is 5.69 Å². The third-order valence-corrected chi connectivity index (χ3v) is 2.53. The molecule has 2 N–H and O–H groups in total. The van der Waals surface area contributed by atoms with Gasteiger partial charge in [0.25, 0.3) is 0 Å². The van der Waals surface area contributed by atoms with Crippen molar-refractivity contribution in [3.8, 4) is 0 Å². The van der Waals surface area contributed by atoms with Crippen LogP contribution in [0.2, 0.25) is 0 Å². The number of benzene rings is 1. The Morgan fingerprint density at radius 1 is 1.32 bits per heavy atom. The van der Waals surface area contributed by atoms with Gasteiger partial charge in [0.15, 0.2) is 17.4 Å². The molecule has 0 atom stereocenters. The van der Waals surface area contributed by atoms with Crippen LogP contribution < -0.4 is 5.73 Å². The van der Waals surface area contributed by atoms with E-state index in [0.29, 0.717) is 18.7 Å². The van der Waals surface area contributed by atoms with E-state index in [1.54, 1.807) is 0 Å². The summed E-state index contributed by atoms with van der Waals surface area (Å²) in [6.45, 7) is 0.853. The number of ketones is 1. The van der Waals surface area contributed by atoms with Crippen LogP contribution >= 0.6 is 0 Å². The minimum Gasteiger partial charge on any atom is -0.329 e. The second-order valence-corrected chi connectivity index (χ2v) is 4.00. The lowest BCUT2D eigenvalue weighted by molar-refractivity contribution is 0.0988. The molecule has 1 heterocycles. The van der Waals surface area contributed by atoms with Crippen LogP contribution in [0.1, 0.15) is 16.1 Å². The molecule has 0 aliphatic carbocycles. The molecule has 1 aromatic carbocycles. The van der Waals surface area contributed by atoms with Crippen molar-refractivity contribution in [3.63, 3.8) is 0 Å². The number of aromatic nitrogens is 3. The Hall–Kier alpha value is -2.15. The number of nitrogens with zero attached hydrogens (tertiary/aromatic N) is 3. The van der Waals surface area contributed by atoms with Gasteiger partial charge in [-0.05, 0) is 17.7 Å². The number of Topliss-reactive ketones (excluding diaryl/α,β-unsaturated/α-hetero) is 1. The van der Waals surface area contributed by atoms with Crippen molar-refractivity contribution in [1.82, 2.24) is 15.0 Å². The Bertz CT molecular complexity index is 597. The van der Waals surface area contributed by atoms with E-state index in [4.69, 9.17) is 5.73 Å². The third-order valence-electron chi connectivity index (χ3n) is 2.53. The second-order valence-electron chi connectivity index (χ2n) is 4.00. The van der Waals surface area contributed by atoms with Gasteiger partial charge in [-0.15, -0.1) is 5.10 Å². The fourth-order valence-corrected chi connectivity index (χ4v) is 1.59. The average Bonchev–Trinajstić information content (AvgIpc) is 2.83. The van der Waals surface area contributed by atoms with Gasteiger partial charge in [0.05, 0.1) is 12.7 Å². The minimum atomic E-state index is -0.975. The van der Waals surface area contributed by atoms with Gasteiger partial charge in [0, 0.05) is 13.0 Å². The largest absolute Gasteiger partial charge is 0.329 e. The minimum absolute atomic E-state index is 0.0570. The molecule has 2 aromatic rings. The maximum atomic E-state index is 13.0. The Balaban J connectivity index is 2.09. The first-order valence-corrected chi connectivity index (χ1v) is 5.67. The zero-order valence-electron chi connectivity index (χ0n) is 10.0. The first kappa shape index (κ1) is 13.3. The van der Waals surface area contributed by atoms with E-state index in [0.717, 1.165) is 12.1 Å². The van der Waals surface area contributed by atoms with Gasteiger partial charge in [-0.3, -0.25) is 9.48 Å². The Labute approximate surface area is 108 Å². The Kier molecular flexibility index (Phi) is 3.96. The molecule has 0 unspecified atom stereocenters.